The first-order valence-electron chi connectivity index (χ1n) is 6.66. The molecule has 0 aliphatic carbocycles. The predicted molar refractivity (Wildman–Crippen MR) is 70.6 cm³/mol. The summed E-state index contributed by atoms with van der Waals surface area (Å²) in [5, 5.41) is 2.77. The highest BCUT2D eigenvalue weighted by molar-refractivity contribution is 5.96. The maximum absolute atomic E-state index is 12.3. The Morgan fingerprint density at radius 1 is 1.26 bits per heavy atom. The number of piperazine rings is 1. The standard InChI is InChI=1S/C13H24N2O4/c1-9(2)11-13(17)15(10(3)12(16)14-11)5-6-19-8-7-18-4/h9-11H,5-8H2,1-4H3,(H,14,16). The minimum atomic E-state index is -0.437. The summed E-state index contributed by atoms with van der Waals surface area (Å²) in [6.07, 6.45) is 0. The van der Waals surface area contributed by atoms with E-state index in [0.717, 1.165) is 0 Å². The molecule has 0 aromatic rings. The van der Waals surface area contributed by atoms with Crippen LogP contribution in [-0.4, -0.2) is 62.3 Å². The van der Waals surface area contributed by atoms with Crippen molar-refractivity contribution in [3.63, 3.8) is 0 Å². The van der Waals surface area contributed by atoms with Crippen LogP contribution < -0.4 is 5.32 Å². The fourth-order valence-corrected chi connectivity index (χ4v) is 2.01. The molecular weight excluding hydrogens is 248 g/mol. The Bertz CT molecular complexity index is 320. The zero-order valence-corrected chi connectivity index (χ0v) is 12.1. The molecule has 2 unspecified atom stereocenters. The van der Waals surface area contributed by atoms with E-state index in [-0.39, 0.29) is 17.7 Å². The van der Waals surface area contributed by atoms with E-state index in [4.69, 9.17) is 9.47 Å². The van der Waals surface area contributed by atoms with E-state index in [2.05, 4.69) is 5.32 Å². The fourth-order valence-electron chi connectivity index (χ4n) is 2.01. The molecule has 6 heteroatoms. The van der Waals surface area contributed by atoms with Crippen molar-refractivity contribution in [2.75, 3.05) is 33.5 Å². The number of carbonyl (C=O) groups excluding carboxylic acids is 2. The second-order valence-electron chi connectivity index (χ2n) is 5.04. The molecule has 19 heavy (non-hydrogen) atoms. The molecule has 6 nitrogen and oxygen atoms in total. The number of rotatable bonds is 7. The van der Waals surface area contributed by atoms with Crippen molar-refractivity contribution in [3.05, 3.63) is 0 Å². The van der Waals surface area contributed by atoms with Crippen molar-refractivity contribution in [1.82, 2.24) is 10.2 Å². The van der Waals surface area contributed by atoms with Gasteiger partial charge < -0.3 is 19.7 Å². The molecule has 110 valence electrons. The molecule has 1 rings (SSSR count). The Morgan fingerprint density at radius 2 is 1.95 bits per heavy atom. The molecule has 2 amide bonds. The van der Waals surface area contributed by atoms with Gasteiger partial charge in [-0.05, 0) is 12.8 Å². The highest BCUT2D eigenvalue weighted by atomic mass is 16.5. The second kappa shape index (κ2) is 7.45. The lowest BCUT2D eigenvalue weighted by molar-refractivity contribution is -0.150. The maximum Gasteiger partial charge on any atom is 0.246 e. The largest absolute Gasteiger partial charge is 0.382 e. The third-order valence-corrected chi connectivity index (χ3v) is 3.27. The van der Waals surface area contributed by atoms with Crippen LogP contribution in [0.3, 0.4) is 0 Å². The highest BCUT2D eigenvalue weighted by Gasteiger charge is 2.38. The molecule has 1 fully saturated rings. The summed E-state index contributed by atoms with van der Waals surface area (Å²) in [4.78, 5) is 25.7. The van der Waals surface area contributed by atoms with E-state index in [1.807, 2.05) is 13.8 Å². The summed E-state index contributed by atoms with van der Waals surface area (Å²) in [6, 6.07) is -0.865. The summed E-state index contributed by atoms with van der Waals surface area (Å²) < 4.78 is 10.2. The number of amides is 2. The van der Waals surface area contributed by atoms with Crippen molar-refractivity contribution in [2.45, 2.75) is 32.9 Å². The molecule has 1 aliphatic rings. The number of carbonyl (C=O) groups is 2. The van der Waals surface area contributed by atoms with Crippen LogP contribution in [0.5, 0.6) is 0 Å². The smallest absolute Gasteiger partial charge is 0.246 e. The van der Waals surface area contributed by atoms with Crippen LogP contribution in [-0.2, 0) is 19.1 Å². The predicted octanol–water partition coefficient (Wildman–Crippen LogP) is 0.0209. The van der Waals surface area contributed by atoms with Gasteiger partial charge in [0.05, 0.1) is 19.8 Å². The fraction of sp³-hybridized carbons (Fsp3) is 0.846. The van der Waals surface area contributed by atoms with Crippen LogP contribution in [0.1, 0.15) is 20.8 Å². The molecule has 1 N–H and O–H groups in total. The Labute approximate surface area is 114 Å². The Morgan fingerprint density at radius 3 is 2.53 bits per heavy atom. The SMILES string of the molecule is COCCOCCN1C(=O)C(C(C)C)NC(=O)C1C. The van der Waals surface area contributed by atoms with E-state index in [0.29, 0.717) is 26.4 Å². The maximum atomic E-state index is 12.3. The molecular formula is C13H24N2O4. The minimum absolute atomic E-state index is 0.0301. The summed E-state index contributed by atoms with van der Waals surface area (Å²) in [5.41, 5.74) is 0. The highest BCUT2D eigenvalue weighted by Crippen LogP contribution is 2.14. The quantitative estimate of drug-likeness (QED) is 0.664. The lowest BCUT2D eigenvalue weighted by Gasteiger charge is -2.38. The van der Waals surface area contributed by atoms with Crippen molar-refractivity contribution in [1.29, 1.82) is 0 Å². The van der Waals surface area contributed by atoms with Gasteiger partial charge in [0.1, 0.15) is 12.1 Å². The van der Waals surface area contributed by atoms with Crippen LogP contribution >= 0.6 is 0 Å². The van der Waals surface area contributed by atoms with Crippen LogP contribution in [0.15, 0.2) is 0 Å². The van der Waals surface area contributed by atoms with Crippen molar-refractivity contribution < 1.29 is 19.1 Å². The van der Waals surface area contributed by atoms with Gasteiger partial charge in [-0.15, -0.1) is 0 Å². The second-order valence-corrected chi connectivity index (χ2v) is 5.04. The summed E-state index contributed by atoms with van der Waals surface area (Å²) >= 11 is 0. The summed E-state index contributed by atoms with van der Waals surface area (Å²) in [6.45, 7) is 7.44. The van der Waals surface area contributed by atoms with Crippen LogP contribution in [0, 0.1) is 5.92 Å². The van der Waals surface area contributed by atoms with E-state index in [1.54, 1.807) is 18.9 Å². The van der Waals surface area contributed by atoms with E-state index >= 15 is 0 Å². The van der Waals surface area contributed by atoms with E-state index < -0.39 is 12.1 Å². The van der Waals surface area contributed by atoms with Gasteiger partial charge in [0.25, 0.3) is 0 Å². The van der Waals surface area contributed by atoms with Gasteiger partial charge in [-0.3, -0.25) is 9.59 Å². The topological polar surface area (TPSA) is 67.9 Å². The van der Waals surface area contributed by atoms with Gasteiger partial charge in [0, 0.05) is 13.7 Å². The molecule has 0 aromatic heterocycles. The van der Waals surface area contributed by atoms with Gasteiger partial charge in [-0.2, -0.15) is 0 Å². The third-order valence-electron chi connectivity index (χ3n) is 3.27. The normalized spacial score (nSPS) is 23.9. The lowest BCUT2D eigenvalue weighted by Crippen LogP contribution is -2.64. The number of hydrogen-bond acceptors (Lipinski definition) is 4. The zero-order chi connectivity index (χ0) is 14.4. The molecule has 1 heterocycles. The minimum Gasteiger partial charge on any atom is -0.382 e. The number of hydrogen-bond donors (Lipinski definition) is 1. The zero-order valence-electron chi connectivity index (χ0n) is 12.1. The van der Waals surface area contributed by atoms with Crippen molar-refractivity contribution in [3.8, 4) is 0 Å². The molecule has 0 aromatic carbocycles. The average Bonchev–Trinajstić information content (AvgIpc) is 2.36. The molecule has 1 aliphatic heterocycles. The monoisotopic (exact) mass is 272 g/mol. The molecule has 1 saturated heterocycles. The number of nitrogens with one attached hydrogen (secondary N) is 1. The van der Waals surface area contributed by atoms with E-state index in [9.17, 15) is 9.59 Å². The van der Waals surface area contributed by atoms with Gasteiger partial charge in [-0.1, -0.05) is 13.8 Å². The molecule has 0 spiro atoms. The molecule has 0 bridgehead atoms. The van der Waals surface area contributed by atoms with Crippen LogP contribution in [0.4, 0.5) is 0 Å². The molecule has 2 atom stereocenters. The van der Waals surface area contributed by atoms with Gasteiger partial charge in [-0.25, -0.2) is 0 Å². The third kappa shape index (κ3) is 4.18. The average molecular weight is 272 g/mol. The van der Waals surface area contributed by atoms with Gasteiger partial charge >= 0.3 is 0 Å². The Hall–Kier alpha value is -1.14. The van der Waals surface area contributed by atoms with Crippen molar-refractivity contribution >= 4 is 11.8 Å². The van der Waals surface area contributed by atoms with Crippen molar-refractivity contribution in [2.24, 2.45) is 5.92 Å². The lowest BCUT2D eigenvalue weighted by atomic mass is 9.98. The van der Waals surface area contributed by atoms with E-state index in [1.165, 1.54) is 0 Å². The van der Waals surface area contributed by atoms with Gasteiger partial charge in [0.15, 0.2) is 0 Å². The summed E-state index contributed by atoms with van der Waals surface area (Å²) in [5.74, 6) is -0.0477. The first-order chi connectivity index (χ1) is 8.99. The number of nitrogens with zero attached hydrogens (tertiary/aromatic N) is 1. The Balaban J connectivity index is 2.52. The number of ether oxygens (including phenoxy) is 2. The van der Waals surface area contributed by atoms with Gasteiger partial charge in [0.2, 0.25) is 11.8 Å². The molecule has 0 radical (unpaired) electrons. The first kappa shape index (κ1) is 15.9. The van der Waals surface area contributed by atoms with Crippen LogP contribution in [0.25, 0.3) is 0 Å². The Kier molecular flexibility index (Phi) is 6.24. The number of methoxy groups -OCH3 is 1. The summed E-state index contributed by atoms with van der Waals surface area (Å²) in [7, 11) is 1.61. The molecule has 0 saturated carbocycles. The van der Waals surface area contributed by atoms with Crippen LogP contribution in [0.2, 0.25) is 0 Å². The first-order valence-corrected chi connectivity index (χ1v) is 6.66.